The molecule has 1 atom stereocenters. The lowest BCUT2D eigenvalue weighted by Crippen LogP contribution is -1.90. The molecule has 0 aromatic rings. The fourth-order valence-corrected chi connectivity index (χ4v) is 1.65. The number of carbonyl (C=O) groups is 1. The molecule has 0 aromatic heterocycles. The van der Waals surface area contributed by atoms with Crippen LogP contribution >= 0.6 is 0 Å². The molecule has 1 nitrogen and oxygen atoms in total. The van der Waals surface area contributed by atoms with Crippen LogP contribution in [0.5, 0.6) is 0 Å². The van der Waals surface area contributed by atoms with E-state index in [1.54, 1.807) is 6.08 Å². The van der Waals surface area contributed by atoms with E-state index in [0.717, 1.165) is 31.1 Å². The Morgan fingerprint density at radius 1 is 1.06 bits per heavy atom. The van der Waals surface area contributed by atoms with E-state index in [-0.39, 0.29) is 0 Å². The number of hydrogen-bond acceptors (Lipinski definition) is 1. The van der Waals surface area contributed by atoms with Gasteiger partial charge in [0.05, 0.1) is 0 Å². The highest BCUT2D eigenvalue weighted by atomic mass is 16.1. The summed E-state index contributed by atoms with van der Waals surface area (Å²) in [5, 5.41) is 0. The molecule has 0 saturated carbocycles. The van der Waals surface area contributed by atoms with Gasteiger partial charge in [0.1, 0.15) is 6.29 Å². The van der Waals surface area contributed by atoms with Gasteiger partial charge in [-0.15, -0.1) is 0 Å². The zero-order chi connectivity index (χ0) is 13.3. The fraction of sp³-hybridized carbons (Fsp3) is 0.562. The molecule has 0 aromatic carbocycles. The third-order valence-corrected chi connectivity index (χ3v) is 2.73. The van der Waals surface area contributed by atoms with E-state index in [1.807, 2.05) is 6.92 Å². The molecule has 0 aliphatic rings. The number of carbonyl (C=O) groups excluding carboxylic acids is 1. The first-order valence-corrected chi connectivity index (χ1v) is 6.37. The zero-order valence-electron chi connectivity index (χ0n) is 11.9. The van der Waals surface area contributed by atoms with Crippen molar-refractivity contribution >= 4 is 6.29 Å². The second-order valence-corrected chi connectivity index (χ2v) is 5.16. The van der Waals surface area contributed by atoms with E-state index in [1.165, 1.54) is 11.1 Å². The molecule has 0 aliphatic heterocycles. The van der Waals surface area contributed by atoms with Gasteiger partial charge in [-0.3, -0.25) is 4.79 Å². The summed E-state index contributed by atoms with van der Waals surface area (Å²) >= 11 is 0. The topological polar surface area (TPSA) is 17.1 Å². The Bertz CT molecular complexity index is 314. The van der Waals surface area contributed by atoms with Gasteiger partial charge in [0.15, 0.2) is 0 Å². The van der Waals surface area contributed by atoms with Crippen LogP contribution in [0.4, 0.5) is 0 Å². The van der Waals surface area contributed by atoms with Gasteiger partial charge in [0.25, 0.3) is 0 Å². The first kappa shape index (κ1) is 15.9. The Kier molecular flexibility index (Phi) is 8.39. The van der Waals surface area contributed by atoms with Crippen molar-refractivity contribution in [1.29, 1.82) is 0 Å². The lowest BCUT2D eigenvalue weighted by atomic mass is 9.99. The number of rotatable bonds is 7. The van der Waals surface area contributed by atoms with Crippen molar-refractivity contribution in [3.8, 4) is 0 Å². The SMILES string of the molecule is CC(C)=CCC(C)/C=C(\C)CC/C(C)=C/C=O. The summed E-state index contributed by atoms with van der Waals surface area (Å²) in [6, 6.07) is 0. The quantitative estimate of drug-likeness (QED) is 0.349. The fourth-order valence-electron chi connectivity index (χ4n) is 1.65. The molecule has 0 rings (SSSR count). The van der Waals surface area contributed by atoms with Gasteiger partial charge >= 0.3 is 0 Å². The molecule has 0 spiro atoms. The minimum Gasteiger partial charge on any atom is -0.299 e. The van der Waals surface area contributed by atoms with Crippen LogP contribution in [0.15, 0.2) is 34.9 Å². The molecule has 0 amide bonds. The number of hydrogen-bond donors (Lipinski definition) is 0. The molecule has 96 valence electrons. The molecule has 0 N–H and O–H groups in total. The van der Waals surface area contributed by atoms with Crippen molar-refractivity contribution in [3.05, 3.63) is 34.9 Å². The van der Waals surface area contributed by atoms with E-state index >= 15 is 0 Å². The summed E-state index contributed by atoms with van der Waals surface area (Å²) < 4.78 is 0. The highest BCUT2D eigenvalue weighted by molar-refractivity contribution is 5.65. The van der Waals surface area contributed by atoms with E-state index in [9.17, 15) is 4.79 Å². The highest BCUT2D eigenvalue weighted by Crippen LogP contribution is 2.15. The largest absolute Gasteiger partial charge is 0.299 e. The van der Waals surface area contributed by atoms with Crippen LogP contribution in [0.1, 0.15) is 53.9 Å². The van der Waals surface area contributed by atoms with Crippen LogP contribution < -0.4 is 0 Å². The van der Waals surface area contributed by atoms with Gasteiger partial charge in [0.2, 0.25) is 0 Å². The minimum atomic E-state index is 0.597. The second-order valence-electron chi connectivity index (χ2n) is 5.16. The Morgan fingerprint density at radius 2 is 1.65 bits per heavy atom. The van der Waals surface area contributed by atoms with Crippen molar-refractivity contribution < 1.29 is 4.79 Å². The number of allylic oxidation sites excluding steroid dienone is 6. The maximum atomic E-state index is 10.3. The molecule has 1 unspecified atom stereocenters. The Morgan fingerprint density at radius 3 is 2.18 bits per heavy atom. The molecule has 17 heavy (non-hydrogen) atoms. The maximum absolute atomic E-state index is 10.3. The predicted octanol–water partition coefficient (Wildman–Crippen LogP) is 4.85. The first-order valence-electron chi connectivity index (χ1n) is 6.37. The Balaban J connectivity index is 4.12. The van der Waals surface area contributed by atoms with Crippen molar-refractivity contribution in [2.75, 3.05) is 0 Å². The van der Waals surface area contributed by atoms with Crippen LogP contribution in [-0.4, -0.2) is 6.29 Å². The summed E-state index contributed by atoms with van der Waals surface area (Å²) in [4.78, 5) is 10.3. The normalized spacial score (nSPS) is 14.4. The average molecular weight is 234 g/mol. The molecule has 0 saturated heterocycles. The third kappa shape index (κ3) is 9.80. The van der Waals surface area contributed by atoms with E-state index in [4.69, 9.17) is 0 Å². The van der Waals surface area contributed by atoms with Crippen LogP contribution in [0, 0.1) is 5.92 Å². The third-order valence-electron chi connectivity index (χ3n) is 2.73. The summed E-state index contributed by atoms with van der Waals surface area (Å²) in [7, 11) is 0. The molecule has 0 aliphatic carbocycles. The van der Waals surface area contributed by atoms with Crippen LogP contribution in [0.25, 0.3) is 0 Å². The summed E-state index contributed by atoms with van der Waals surface area (Å²) in [5.74, 6) is 0.597. The standard InChI is InChI=1S/C16H26O/c1-13(2)6-7-15(4)12-16(5)9-8-14(3)10-11-17/h6,10-12,15H,7-9H2,1-5H3/b14-10+,16-12+. The van der Waals surface area contributed by atoms with Gasteiger partial charge in [-0.1, -0.05) is 35.8 Å². The maximum Gasteiger partial charge on any atom is 0.142 e. The van der Waals surface area contributed by atoms with E-state index in [2.05, 4.69) is 39.8 Å². The smallest absolute Gasteiger partial charge is 0.142 e. The van der Waals surface area contributed by atoms with Crippen LogP contribution in [0.3, 0.4) is 0 Å². The Labute approximate surface area is 106 Å². The van der Waals surface area contributed by atoms with Crippen LogP contribution in [0.2, 0.25) is 0 Å². The van der Waals surface area contributed by atoms with Crippen molar-refractivity contribution in [2.45, 2.75) is 53.9 Å². The van der Waals surface area contributed by atoms with Gasteiger partial charge in [-0.25, -0.2) is 0 Å². The van der Waals surface area contributed by atoms with Crippen molar-refractivity contribution in [1.82, 2.24) is 0 Å². The van der Waals surface area contributed by atoms with Crippen LogP contribution in [-0.2, 0) is 4.79 Å². The van der Waals surface area contributed by atoms with Gasteiger partial charge in [0, 0.05) is 0 Å². The average Bonchev–Trinajstić information content (AvgIpc) is 2.24. The van der Waals surface area contributed by atoms with E-state index in [0.29, 0.717) is 5.92 Å². The van der Waals surface area contributed by atoms with Gasteiger partial charge < -0.3 is 0 Å². The minimum absolute atomic E-state index is 0.597. The molecule has 1 heteroatoms. The highest BCUT2D eigenvalue weighted by Gasteiger charge is 1.98. The molecular weight excluding hydrogens is 208 g/mol. The monoisotopic (exact) mass is 234 g/mol. The lowest BCUT2D eigenvalue weighted by molar-refractivity contribution is -0.104. The summed E-state index contributed by atoms with van der Waals surface area (Å²) in [6.07, 6.45) is 10.3. The number of aldehydes is 1. The summed E-state index contributed by atoms with van der Waals surface area (Å²) in [5.41, 5.74) is 3.95. The molecular formula is C16H26O. The Hall–Kier alpha value is -1.11. The zero-order valence-corrected chi connectivity index (χ0v) is 11.9. The second kappa shape index (κ2) is 8.98. The van der Waals surface area contributed by atoms with E-state index < -0.39 is 0 Å². The lowest BCUT2D eigenvalue weighted by Gasteiger charge is -2.07. The van der Waals surface area contributed by atoms with Crippen molar-refractivity contribution in [3.63, 3.8) is 0 Å². The van der Waals surface area contributed by atoms with Gasteiger partial charge in [-0.05, 0) is 59.0 Å². The predicted molar refractivity (Wildman–Crippen MR) is 76.0 cm³/mol. The molecule has 0 heterocycles. The van der Waals surface area contributed by atoms with Gasteiger partial charge in [-0.2, -0.15) is 0 Å². The van der Waals surface area contributed by atoms with Crippen molar-refractivity contribution in [2.24, 2.45) is 5.92 Å². The summed E-state index contributed by atoms with van der Waals surface area (Å²) in [6.45, 7) is 10.7. The first-order chi connectivity index (χ1) is 7.95. The molecule has 0 radical (unpaired) electrons. The molecule has 0 bridgehead atoms. The molecule has 0 fully saturated rings.